The Labute approximate surface area is 178 Å². The van der Waals surface area contributed by atoms with Gasteiger partial charge in [-0.1, -0.05) is 36.4 Å². The van der Waals surface area contributed by atoms with Gasteiger partial charge in [-0.25, -0.2) is 13.2 Å². The molecular weight excluding hydrogens is 402 g/mol. The molecular formula is C22H29N3O4S. The Bertz CT molecular complexity index is 937. The predicted octanol–water partition coefficient (Wildman–Crippen LogP) is 2.48. The molecule has 0 radical (unpaired) electrons. The number of morpholine rings is 1. The number of ether oxygens (including phenoxy) is 1. The second-order valence-corrected chi connectivity index (χ2v) is 9.61. The summed E-state index contributed by atoms with van der Waals surface area (Å²) < 4.78 is 28.5. The van der Waals surface area contributed by atoms with Gasteiger partial charge in [-0.05, 0) is 35.7 Å². The van der Waals surface area contributed by atoms with Crippen LogP contribution in [0.15, 0.2) is 53.4 Å². The number of amides is 2. The molecule has 162 valence electrons. The van der Waals surface area contributed by atoms with Gasteiger partial charge in [-0.3, -0.25) is 4.90 Å². The predicted molar refractivity (Wildman–Crippen MR) is 116 cm³/mol. The number of hydrogen-bond donors (Lipinski definition) is 2. The standard InChI is InChI=1S/C22H29N3O4S/c1-17(20-7-9-21(10-8-20)30(2,27)28)24-22(26)23-15-18-3-5-19(6-4-18)16-25-11-13-29-14-12-25/h3-10,17H,11-16H2,1-2H3,(H2,23,24,26). The molecule has 2 aromatic rings. The lowest BCUT2D eigenvalue weighted by Crippen LogP contribution is -2.36. The molecule has 1 saturated heterocycles. The van der Waals surface area contributed by atoms with Crippen LogP contribution in [0.2, 0.25) is 0 Å². The molecule has 2 amide bonds. The van der Waals surface area contributed by atoms with Crippen LogP contribution in [-0.4, -0.2) is 51.9 Å². The molecule has 0 saturated carbocycles. The Kier molecular flexibility index (Phi) is 7.47. The smallest absolute Gasteiger partial charge is 0.315 e. The fraction of sp³-hybridized carbons (Fsp3) is 0.409. The van der Waals surface area contributed by atoms with Crippen LogP contribution < -0.4 is 10.6 Å². The van der Waals surface area contributed by atoms with Crippen molar-refractivity contribution in [3.05, 3.63) is 65.2 Å². The molecule has 2 N–H and O–H groups in total. The zero-order valence-electron chi connectivity index (χ0n) is 17.4. The van der Waals surface area contributed by atoms with Crippen LogP contribution >= 0.6 is 0 Å². The highest BCUT2D eigenvalue weighted by molar-refractivity contribution is 7.90. The van der Waals surface area contributed by atoms with E-state index in [1.807, 2.05) is 19.1 Å². The maximum Gasteiger partial charge on any atom is 0.315 e. The summed E-state index contributed by atoms with van der Waals surface area (Å²) >= 11 is 0. The summed E-state index contributed by atoms with van der Waals surface area (Å²) in [7, 11) is -3.23. The van der Waals surface area contributed by atoms with E-state index in [0.717, 1.165) is 44.0 Å². The van der Waals surface area contributed by atoms with Gasteiger partial charge >= 0.3 is 6.03 Å². The van der Waals surface area contributed by atoms with Gasteiger partial charge in [0.15, 0.2) is 9.84 Å². The summed E-state index contributed by atoms with van der Waals surface area (Å²) in [5, 5.41) is 5.74. The minimum Gasteiger partial charge on any atom is -0.379 e. The van der Waals surface area contributed by atoms with E-state index >= 15 is 0 Å². The summed E-state index contributed by atoms with van der Waals surface area (Å²) in [6.45, 7) is 6.69. The molecule has 1 heterocycles. The lowest BCUT2D eigenvalue weighted by molar-refractivity contribution is 0.0342. The van der Waals surface area contributed by atoms with Crippen molar-refractivity contribution in [3.63, 3.8) is 0 Å². The van der Waals surface area contributed by atoms with Gasteiger partial charge in [-0.2, -0.15) is 0 Å². The first-order valence-electron chi connectivity index (χ1n) is 10.0. The van der Waals surface area contributed by atoms with E-state index in [2.05, 4.69) is 27.7 Å². The number of nitrogens with zero attached hydrogens (tertiary/aromatic N) is 1. The van der Waals surface area contributed by atoms with Gasteiger partial charge in [0.1, 0.15) is 0 Å². The van der Waals surface area contributed by atoms with E-state index in [1.165, 1.54) is 11.8 Å². The van der Waals surface area contributed by atoms with Crippen molar-refractivity contribution in [2.24, 2.45) is 0 Å². The number of nitrogens with one attached hydrogen (secondary N) is 2. The van der Waals surface area contributed by atoms with Gasteiger partial charge in [0.05, 0.1) is 24.2 Å². The number of benzene rings is 2. The largest absolute Gasteiger partial charge is 0.379 e. The van der Waals surface area contributed by atoms with Crippen LogP contribution in [0.4, 0.5) is 4.79 Å². The summed E-state index contributed by atoms with van der Waals surface area (Å²) in [5.74, 6) is 0. The van der Waals surface area contributed by atoms with Crippen molar-refractivity contribution in [3.8, 4) is 0 Å². The molecule has 1 fully saturated rings. The Balaban J connectivity index is 1.45. The van der Waals surface area contributed by atoms with Crippen LogP contribution in [0.25, 0.3) is 0 Å². The molecule has 1 atom stereocenters. The van der Waals surface area contributed by atoms with E-state index in [0.29, 0.717) is 6.54 Å². The third-order valence-electron chi connectivity index (χ3n) is 5.14. The third-order valence-corrected chi connectivity index (χ3v) is 6.27. The zero-order valence-corrected chi connectivity index (χ0v) is 18.2. The Morgan fingerprint density at radius 3 is 2.23 bits per heavy atom. The molecule has 0 bridgehead atoms. The fourth-order valence-electron chi connectivity index (χ4n) is 3.30. The van der Waals surface area contributed by atoms with Gasteiger partial charge in [0.25, 0.3) is 0 Å². The maximum atomic E-state index is 12.2. The molecule has 8 heteroatoms. The van der Waals surface area contributed by atoms with Crippen molar-refractivity contribution >= 4 is 15.9 Å². The minimum atomic E-state index is -3.23. The van der Waals surface area contributed by atoms with Crippen LogP contribution in [0.1, 0.15) is 29.7 Å². The topological polar surface area (TPSA) is 87.7 Å². The molecule has 0 aliphatic carbocycles. The summed E-state index contributed by atoms with van der Waals surface area (Å²) in [6.07, 6.45) is 1.17. The molecule has 1 aliphatic rings. The Morgan fingerprint density at radius 2 is 1.63 bits per heavy atom. The third kappa shape index (κ3) is 6.55. The quantitative estimate of drug-likeness (QED) is 0.703. The molecule has 7 nitrogen and oxygen atoms in total. The molecule has 1 unspecified atom stereocenters. The number of urea groups is 1. The Morgan fingerprint density at radius 1 is 1.03 bits per heavy atom. The van der Waals surface area contributed by atoms with E-state index in [1.54, 1.807) is 24.3 Å². The summed E-state index contributed by atoms with van der Waals surface area (Å²) in [6, 6.07) is 14.3. The average molecular weight is 432 g/mol. The van der Waals surface area contributed by atoms with Crippen LogP contribution in [-0.2, 0) is 27.7 Å². The van der Waals surface area contributed by atoms with Crippen molar-refractivity contribution < 1.29 is 17.9 Å². The highest BCUT2D eigenvalue weighted by Gasteiger charge is 2.12. The highest BCUT2D eigenvalue weighted by Crippen LogP contribution is 2.16. The maximum absolute atomic E-state index is 12.2. The zero-order chi connectivity index (χ0) is 21.6. The monoisotopic (exact) mass is 431 g/mol. The molecule has 0 spiro atoms. The Hall–Kier alpha value is -2.42. The van der Waals surface area contributed by atoms with Gasteiger partial charge in [-0.15, -0.1) is 0 Å². The van der Waals surface area contributed by atoms with Gasteiger partial charge in [0, 0.05) is 32.4 Å². The average Bonchev–Trinajstić information content (AvgIpc) is 2.73. The lowest BCUT2D eigenvalue weighted by atomic mass is 10.1. The SMILES string of the molecule is CC(NC(=O)NCc1ccc(CN2CCOCC2)cc1)c1ccc(S(C)(=O)=O)cc1. The first kappa shape index (κ1) is 22.3. The van der Waals surface area contributed by atoms with Crippen LogP contribution in [0.5, 0.6) is 0 Å². The molecule has 3 rings (SSSR count). The van der Waals surface area contributed by atoms with Crippen LogP contribution in [0, 0.1) is 0 Å². The van der Waals surface area contributed by atoms with Gasteiger partial charge < -0.3 is 15.4 Å². The lowest BCUT2D eigenvalue weighted by Gasteiger charge is -2.26. The van der Waals surface area contributed by atoms with Crippen molar-refractivity contribution in [2.45, 2.75) is 31.0 Å². The number of carbonyl (C=O) groups excluding carboxylic acids is 1. The number of carbonyl (C=O) groups is 1. The normalized spacial score (nSPS) is 16.1. The van der Waals surface area contributed by atoms with E-state index in [-0.39, 0.29) is 17.0 Å². The molecule has 0 aromatic heterocycles. The first-order chi connectivity index (χ1) is 14.3. The first-order valence-corrected chi connectivity index (χ1v) is 11.9. The second-order valence-electron chi connectivity index (χ2n) is 7.59. The minimum absolute atomic E-state index is 0.241. The highest BCUT2D eigenvalue weighted by atomic mass is 32.2. The fourth-order valence-corrected chi connectivity index (χ4v) is 3.93. The second kappa shape index (κ2) is 10.1. The van der Waals surface area contributed by atoms with Gasteiger partial charge in [0.2, 0.25) is 0 Å². The number of rotatable bonds is 7. The van der Waals surface area contributed by atoms with E-state index < -0.39 is 9.84 Å². The number of sulfone groups is 1. The van der Waals surface area contributed by atoms with Crippen molar-refractivity contribution in [2.75, 3.05) is 32.6 Å². The summed E-state index contributed by atoms with van der Waals surface area (Å²) in [4.78, 5) is 14.9. The van der Waals surface area contributed by atoms with E-state index in [4.69, 9.17) is 4.74 Å². The number of hydrogen-bond acceptors (Lipinski definition) is 5. The van der Waals surface area contributed by atoms with Crippen molar-refractivity contribution in [1.29, 1.82) is 0 Å². The van der Waals surface area contributed by atoms with Crippen LogP contribution in [0.3, 0.4) is 0 Å². The van der Waals surface area contributed by atoms with Crippen molar-refractivity contribution in [1.82, 2.24) is 15.5 Å². The molecule has 30 heavy (non-hydrogen) atoms. The van der Waals surface area contributed by atoms with E-state index in [9.17, 15) is 13.2 Å². The summed E-state index contributed by atoms with van der Waals surface area (Å²) in [5.41, 5.74) is 3.11. The molecule has 1 aliphatic heterocycles. The molecule has 2 aromatic carbocycles.